The first-order valence-electron chi connectivity index (χ1n) is 9.17. The van der Waals surface area contributed by atoms with Gasteiger partial charge in [-0.05, 0) is 35.9 Å². The molecule has 2 N–H and O–H groups in total. The number of aromatic hydroxyl groups is 2. The number of benzene rings is 2. The van der Waals surface area contributed by atoms with E-state index in [4.69, 9.17) is 0 Å². The molecular formula is C22H18N4O3S. The smallest absolute Gasteiger partial charge is 0.192 e. The summed E-state index contributed by atoms with van der Waals surface area (Å²) in [6, 6.07) is 17.7. The van der Waals surface area contributed by atoms with Crippen LogP contribution >= 0.6 is 11.8 Å². The fourth-order valence-electron chi connectivity index (χ4n) is 2.93. The van der Waals surface area contributed by atoms with E-state index in [1.807, 2.05) is 47.0 Å². The van der Waals surface area contributed by atoms with Crippen LogP contribution < -0.4 is 0 Å². The first-order chi connectivity index (χ1) is 14.6. The zero-order valence-corrected chi connectivity index (χ0v) is 16.7. The molecule has 150 valence electrons. The highest BCUT2D eigenvalue weighted by atomic mass is 32.2. The lowest BCUT2D eigenvalue weighted by Gasteiger charge is -2.10. The molecule has 30 heavy (non-hydrogen) atoms. The van der Waals surface area contributed by atoms with Crippen LogP contribution in [0.5, 0.6) is 11.5 Å². The highest BCUT2D eigenvalue weighted by molar-refractivity contribution is 7.99. The third-order valence-electron chi connectivity index (χ3n) is 4.47. The largest absolute Gasteiger partial charge is 0.504 e. The molecular weight excluding hydrogens is 400 g/mol. The Labute approximate surface area is 177 Å². The Hall–Kier alpha value is -3.65. The number of carbonyl (C=O) groups excluding carboxylic acids is 1. The second-order valence-electron chi connectivity index (χ2n) is 6.53. The summed E-state index contributed by atoms with van der Waals surface area (Å²) in [5, 5.41) is 28.3. The first kappa shape index (κ1) is 19.7. The average Bonchev–Trinajstić information content (AvgIpc) is 3.17. The van der Waals surface area contributed by atoms with Crippen LogP contribution in [0.4, 0.5) is 0 Å². The molecule has 0 aliphatic heterocycles. The third kappa shape index (κ3) is 4.33. The van der Waals surface area contributed by atoms with Crippen molar-refractivity contribution in [1.29, 1.82) is 0 Å². The summed E-state index contributed by atoms with van der Waals surface area (Å²) in [6.07, 6.45) is 3.40. The number of pyridine rings is 1. The minimum atomic E-state index is -0.321. The normalized spacial score (nSPS) is 10.8. The molecule has 0 atom stereocenters. The SMILES string of the molecule is O=C(CSc1nnc(-c2ccncc2)n1Cc1ccccc1)c1ccc(O)c(O)c1. The molecule has 2 heterocycles. The van der Waals surface area contributed by atoms with Crippen LogP contribution in [-0.2, 0) is 6.54 Å². The van der Waals surface area contributed by atoms with E-state index in [-0.39, 0.29) is 23.0 Å². The van der Waals surface area contributed by atoms with E-state index in [9.17, 15) is 15.0 Å². The zero-order valence-electron chi connectivity index (χ0n) is 15.8. The van der Waals surface area contributed by atoms with Crippen molar-refractivity contribution < 1.29 is 15.0 Å². The molecule has 4 aromatic rings. The van der Waals surface area contributed by atoms with Gasteiger partial charge < -0.3 is 10.2 Å². The van der Waals surface area contributed by atoms with Crippen molar-refractivity contribution in [3.05, 3.63) is 84.2 Å². The summed E-state index contributed by atoms with van der Waals surface area (Å²) in [6.45, 7) is 0.558. The van der Waals surface area contributed by atoms with Crippen molar-refractivity contribution in [3.8, 4) is 22.9 Å². The lowest BCUT2D eigenvalue weighted by Crippen LogP contribution is -2.07. The molecule has 8 heteroatoms. The van der Waals surface area contributed by atoms with E-state index in [0.29, 0.717) is 23.1 Å². The Bertz CT molecular complexity index is 1160. The van der Waals surface area contributed by atoms with Crippen molar-refractivity contribution in [2.75, 3.05) is 5.75 Å². The number of Topliss-reactive ketones (excluding diaryl/α,β-unsaturated/α-hetero) is 1. The fourth-order valence-corrected chi connectivity index (χ4v) is 3.76. The van der Waals surface area contributed by atoms with Crippen LogP contribution in [0.3, 0.4) is 0 Å². The number of carbonyl (C=O) groups is 1. The van der Waals surface area contributed by atoms with Gasteiger partial charge in [0.2, 0.25) is 0 Å². The van der Waals surface area contributed by atoms with Gasteiger partial charge in [-0.15, -0.1) is 10.2 Å². The molecule has 2 aromatic heterocycles. The minimum absolute atomic E-state index is 0.119. The first-order valence-corrected chi connectivity index (χ1v) is 10.2. The van der Waals surface area contributed by atoms with Crippen LogP contribution in [0.2, 0.25) is 0 Å². The average molecular weight is 418 g/mol. The maximum absolute atomic E-state index is 12.5. The van der Waals surface area contributed by atoms with Gasteiger partial charge >= 0.3 is 0 Å². The van der Waals surface area contributed by atoms with Gasteiger partial charge in [0.05, 0.1) is 12.3 Å². The highest BCUT2D eigenvalue weighted by Gasteiger charge is 2.17. The molecule has 0 amide bonds. The monoisotopic (exact) mass is 418 g/mol. The van der Waals surface area contributed by atoms with Crippen molar-refractivity contribution >= 4 is 17.5 Å². The molecule has 2 aromatic carbocycles. The molecule has 4 rings (SSSR count). The summed E-state index contributed by atoms with van der Waals surface area (Å²) in [7, 11) is 0. The van der Waals surface area contributed by atoms with E-state index in [1.54, 1.807) is 12.4 Å². The number of phenolic OH excluding ortho intramolecular Hbond substituents is 2. The summed E-state index contributed by atoms with van der Waals surface area (Å²) in [5.41, 5.74) is 2.29. The second-order valence-corrected chi connectivity index (χ2v) is 7.47. The molecule has 0 saturated heterocycles. The Morgan fingerprint density at radius 2 is 1.70 bits per heavy atom. The molecule has 0 fully saturated rings. The van der Waals surface area contributed by atoms with Gasteiger partial charge in [-0.1, -0.05) is 42.1 Å². The Morgan fingerprint density at radius 3 is 2.43 bits per heavy atom. The number of rotatable bonds is 7. The molecule has 0 saturated carbocycles. The number of ketones is 1. The van der Waals surface area contributed by atoms with Crippen LogP contribution in [0, 0.1) is 0 Å². The topological polar surface area (TPSA) is 101 Å². The number of aromatic nitrogens is 4. The second kappa shape index (κ2) is 8.79. The standard InChI is InChI=1S/C22H18N4O3S/c27-18-7-6-17(12-19(18)28)20(29)14-30-22-25-24-21(16-8-10-23-11-9-16)26(22)13-15-4-2-1-3-5-15/h1-12,27-28H,13-14H2. The number of phenols is 2. The molecule has 0 aliphatic carbocycles. The van der Waals surface area contributed by atoms with Gasteiger partial charge in [-0.25, -0.2) is 0 Å². The Kier molecular flexibility index (Phi) is 5.76. The van der Waals surface area contributed by atoms with Gasteiger partial charge in [-0.3, -0.25) is 14.3 Å². The van der Waals surface area contributed by atoms with Gasteiger partial charge in [0.25, 0.3) is 0 Å². The van der Waals surface area contributed by atoms with Crippen LogP contribution in [0.1, 0.15) is 15.9 Å². The molecule has 0 spiro atoms. The third-order valence-corrected chi connectivity index (χ3v) is 5.44. The summed E-state index contributed by atoms with van der Waals surface area (Å²) in [4.78, 5) is 16.6. The molecule has 7 nitrogen and oxygen atoms in total. The predicted molar refractivity (Wildman–Crippen MR) is 114 cm³/mol. The Morgan fingerprint density at radius 1 is 0.933 bits per heavy atom. The van der Waals surface area contributed by atoms with Crippen LogP contribution in [0.15, 0.2) is 78.2 Å². The van der Waals surface area contributed by atoms with Gasteiger partial charge in [-0.2, -0.15) is 0 Å². The highest BCUT2D eigenvalue weighted by Crippen LogP contribution is 2.28. The van der Waals surface area contributed by atoms with Gasteiger partial charge in [0, 0.05) is 23.5 Å². The van der Waals surface area contributed by atoms with Gasteiger partial charge in [0.15, 0.2) is 28.3 Å². The maximum Gasteiger partial charge on any atom is 0.192 e. The van der Waals surface area contributed by atoms with Crippen LogP contribution in [0.25, 0.3) is 11.4 Å². The summed E-state index contributed by atoms with van der Waals surface area (Å²) in [5.74, 6) is 0.0448. The predicted octanol–water partition coefficient (Wildman–Crippen LogP) is 3.77. The molecule has 0 bridgehead atoms. The summed E-state index contributed by atoms with van der Waals surface area (Å²) < 4.78 is 1.97. The zero-order chi connectivity index (χ0) is 20.9. The van der Waals surface area contributed by atoms with E-state index >= 15 is 0 Å². The molecule has 0 radical (unpaired) electrons. The fraction of sp³-hybridized carbons (Fsp3) is 0.0909. The number of thioether (sulfide) groups is 1. The number of nitrogens with zero attached hydrogens (tertiary/aromatic N) is 4. The lowest BCUT2D eigenvalue weighted by molar-refractivity contribution is 0.102. The number of hydrogen-bond acceptors (Lipinski definition) is 7. The van der Waals surface area contributed by atoms with Crippen molar-refractivity contribution in [3.63, 3.8) is 0 Å². The van der Waals surface area contributed by atoms with E-state index < -0.39 is 0 Å². The van der Waals surface area contributed by atoms with Crippen molar-refractivity contribution in [2.24, 2.45) is 0 Å². The van der Waals surface area contributed by atoms with Crippen LogP contribution in [-0.4, -0.2) is 41.5 Å². The molecule has 0 aliphatic rings. The number of hydrogen-bond donors (Lipinski definition) is 2. The van der Waals surface area contributed by atoms with E-state index in [1.165, 1.54) is 30.0 Å². The maximum atomic E-state index is 12.5. The lowest BCUT2D eigenvalue weighted by atomic mass is 10.1. The van der Waals surface area contributed by atoms with Crippen molar-refractivity contribution in [1.82, 2.24) is 19.7 Å². The van der Waals surface area contributed by atoms with E-state index in [2.05, 4.69) is 15.2 Å². The quantitative estimate of drug-likeness (QED) is 0.268. The Balaban J connectivity index is 1.60. The molecule has 0 unspecified atom stereocenters. The van der Waals surface area contributed by atoms with Gasteiger partial charge in [0.1, 0.15) is 0 Å². The van der Waals surface area contributed by atoms with E-state index in [0.717, 1.165) is 11.1 Å². The summed E-state index contributed by atoms with van der Waals surface area (Å²) >= 11 is 1.27. The van der Waals surface area contributed by atoms with Crippen molar-refractivity contribution in [2.45, 2.75) is 11.7 Å². The minimum Gasteiger partial charge on any atom is -0.504 e.